The van der Waals surface area contributed by atoms with Crippen LogP contribution in [0.4, 0.5) is 5.69 Å². The van der Waals surface area contributed by atoms with Crippen LogP contribution in [0.15, 0.2) is 29.3 Å². The molecule has 1 aromatic heterocycles. The molecular weight excluding hydrogens is 398 g/mol. The molecule has 0 atom stereocenters. The average Bonchev–Trinajstić information content (AvgIpc) is 3.32. The van der Waals surface area contributed by atoms with Crippen molar-refractivity contribution >= 4 is 33.2 Å². The highest BCUT2D eigenvalue weighted by molar-refractivity contribution is 7.89. The Balaban J connectivity index is 1.93. The summed E-state index contributed by atoms with van der Waals surface area (Å²) in [5.41, 5.74) is 2.89. The summed E-state index contributed by atoms with van der Waals surface area (Å²) in [5, 5.41) is 3.57. The Bertz CT molecular complexity index is 992. The molecule has 0 saturated carbocycles. The van der Waals surface area contributed by atoms with Gasteiger partial charge in [0.25, 0.3) is 5.91 Å². The van der Waals surface area contributed by atoms with Gasteiger partial charge in [-0.05, 0) is 48.9 Å². The molecule has 3 rings (SSSR count). The van der Waals surface area contributed by atoms with Gasteiger partial charge in [-0.2, -0.15) is 4.31 Å². The van der Waals surface area contributed by atoms with Crippen LogP contribution in [0, 0.1) is 0 Å². The average molecular weight is 424 g/mol. The fourth-order valence-electron chi connectivity index (χ4n) is 3.62. The van der Waals surface area contributed by atoms with Crippen LogP contribution in [-0.4, -0.2) is 36.3 Å². The van der Waals surface area contributed by atoms with Crippen molar-refractivity contribution in [2.24, 2.45) is 7.05 Å². The first-order valence-electron chi connectivity index (χ1n) is 9.57. The van der Waals surface area contributed by atoms with E-state index < -0.39 is 10.0 Å². The van der Waals surface area contributed by atoms with Crippen LogP contribution in [0.2, 0.25) is 5.02 Å². The summed E-state index contributed by atoms with van der Waals surface area (Å²) in [7, 11) is -1.89. The number of hydrogen-bond acceptors (Lipinski definition) is 3. The molecule has 2 heterocycles. The second kappa shape index (κ2) is 8.27. The lowest BCUT2D eigenvalue weighted by Crippen LogP contribution is -2.27. The zero-order valence-corrected chi connectivity index (χ0v) is 18.0. The molecule has 1 aliphatic rings. The highest BCUT2D eigenvalue weighted by atomic mass is 35.5. The summed E-state index contributed by atoms with van der Waals surface area (Å²) < 4.78 is 28.6. The molecule has 28 heavy (non-hydrogen) atoms. The van der Waals surface area contributed by atoms with Gasteiger partial charge in [-0.25, -0.2) is 8.42 Å². The monoisotopic (exact) mass is 423 g/mol. The van der Waals surface area contributed by atoms with Crippen molar-refractivity contribution in [3.63, 3.8) is 0 Å². The normalized spacial score (nSPS) is 15.1. The highest BCUT2D eigenvalue weighted by Gasteiger charge is 2.29. The molecule has 0 radical (unpaired) electrons. The lowest BCUT2D eigenvalue weighted by Gasteiger charge is -2.16. The van der Waals surface area contributed by atoms with Crippen LogP contribution in [0.3, 0.4) is 0 Å². The van der Waals surface area contributed by atoms with E-state index in [0.717, 1.165) is 30.4 Å². The van der Waals surface area contributed by atoms with E-state index in [9.17, 15) is 13.2 Å². The van der Waals surface area contributed by atoms with Gasteiger partial charge in [-0.15, -0.1) is 0 Å². The number of aryl methyl sites for hydroxylation is 2. The summed E-state index contributed by atoms with van der Waals surface area (Å²) in [6.45, 7) is 5.06. The SMILES string of the molecule is CCc1ccc(Cl)c(CC)c1NC(=O)c1cc(S(=O)(=O)N2CCCC2)cn1C. The van der Waals surface area contributed by atoms with Crippen molar-refractivity contribution in [2.45, 2.75) is 44.4 Å². The summed E-state index contributed by atoms with van der Waals surface area (Å²) in [5.74, 6) is -0.350. The van der Waals surface area contributed by atoms with Crippen molar-refractivity contribution < 1.29 is 13.2 Å². The minimum Gasteiger partial charge on any atom is -0.345 e. The van der Waals surface area contributed by atoms with Gasteiger partial charge in [-0.1, -0.05) is 31.5 Å². The zero-order chi connectivity index (χ0) is 20.5. The molecule has 1 saturated heterocycles. The molecule has 8 heteroatoms. The topological polar surface area (TPSA) is 71.4 Å². The number of rotatable bonds is 6. The smallest absolute Gasteiger partial charge is 0.272 e. The Morgan fingerprint density at radius 1 is 1.18 bits per heavy atom. The van der Waals surface area contributed by atoms with E-state index in [2.05, 4.69) is 5.32 Å². The Kier molecular flexibility index (Phi) is 6.17. The fraction of sp³-hybridized carbons (Fsp3) is 0.450. The predicted octanol–water partition coefficient (Wildman–Crippen LogP) is 3.84. The maximum absolute atomic E-state index is 13.0. The third kappa shape index (κ3) is 3.83. The van der Waals surface area contributed by atoms with E-state index in [1.165, 1.54) is 16.6 Å². The summed E-state index contributed by atoms with van der Waals surface area (Å²) in [6.07, 6.45) is 4.68. The van der Waals surface area contributed by atoms with Gasteiger partial charge < -0.3 is 9.88 Å². The number of benzene rings is 1. The van der Waals surface area contributed by atoms with Crippen LogP contribution in [0.1, 0.15) is 48.3 Å². The molecule has 0 aliphatic carbocycles. The number of aromatic nitrogens is 1. The number of sulfonamides is 1. The number of nitrogens with zero attached hydrogens (tertiary/aromatic N) is 2. The summed E-state index contributed by atoms with van der Waals surface area (Å²) in [6, 6.07) is 5.20. The lowest BCUT2D eigenvalue weighted by atomic mass is 10.0. The molecule has 2 aromatic rings. The Morgan fingerprint density at radius 3 is 2.46 bits per heavy atom. The number of anilines is 1. The molecule has 1 fully saturated rings. The second-order valence-electron chi connectivity index (χ2n) is 7.00. The number of nitrogens with one attached hydrogen (secondary N) is 1. The van der Waals surface area contributed by atoms with Crippen LogP contribution in [0.5, 0.6) is 0 Å². The molecule has 1 amide bonds. The molecule has 0 unspecified atom stereocenters. The number of amides is 1. The first-order chi connectivity index (χ1) is 13.3. The van der Waals surface area contributed by atoms with Crippen molar-refractivity contribution in [3.05, 3.63) is 46.2 Å². The number of halogens is 1. The molecule has 152 valence electrons. The Hall–Kier alpha value is -1.83. The van der Waals surface area contributed by atoms with E-state index in [0.29, 0.717) is 35.9 Å². The summed E-state index contributed by atoms with van der Waals surface area (Å²) >= 11 is 6.31. The third-order valence-electron chi connectivity index (χ3n) is 5.23. The third-order valence-corrected chi connectivity index (χ3v) is 7.45. The Morgan fingerprint density at radius 2 is 1.86 bits per heavy atom. The minimum atomic E-state index is -3.57. The molecule has 1 N–H and O–H groups in total. The molecular formula is C20H26ClN3O3S. The van der Waals surface area contributed by atoms with Crippen LogP contribution in [0.25, 0.3) is 0 Å². The number of hydrogen-bond donors (Lipinski definition) is 1. The van der Waals surface area contributed by atoms with Gasteiger partial charge in [0, 0.05) is 37.0 Å². The maximum Gasteiger partial charge on any atom is 0.272 e. The highest BCUT2D eigenvalue weighted by Crippen LogP contribution is 2.30. The van der Waals surface area contributed by atoms with E-state index in [1.807, 2.05) is 26.0 Å². The van der Waals surface area contributed by atoms with E-state index in [4.69, 9.17) is 11.6 Å². The zero-order valence-electron chi connectivity index (χ0n) is 16.5. The van der Waals surface area contributed by atoms with Gasteiger partial charge >= 0.3 is 0 Å². The molecule has 0 bridgehead atoms. The van der Waals surface area contributed by atoms with Crippen LogP contribution < -0.4 is 5.32 Å². The van der Waals surface area contributed by atoms with E-state index in [1.54, 1.807) is 11.6 Å². The minimum absolute atomic E-state index is 0.152. The number of carbonyl (C=O) groups excluding carboxylic acids is 1. The van der Waals surface area contributed by atoms with E-state index >= 15 is 0 Å². The first kappa shape index (κ1) is 20.9. The van der Waals surface area contributed by atoms with Crippen molar-refractivity contribution in [3.8, 4) is 0 Å². The summed E-state index contributed by atoms with van der Waals surface area (Å²) in [4.78, 5) is 13.1. The van der Waals surface area contributed by atoms with Crippen LogP contribution in [-0.2, 0) is 29.9 Å². The maximum atomic E-state index is 13.0. The van der Waals surface area contributed by atoms with Gasteiger partial charge in [0.15, 0.2) is 0 Å². The number of carbonyl (C=O) groups is 1. The largest absolute Gasteiger partial charge is 0.345 e. The van der Waals surface area contributed by atoms with Gasteiger partial charge in [0.1, 0.15) is 10.6 Å². The van der Waals surface area contributed by atoms with Gasteiger partial charge in [0.05, 0.1) is 0 Å². The van der Waals surface area contributed by atoms with Crippen molar-refractivity contribution in [1.29, 1.82) is 0 Å². The molecule has 0 spiro atoms. The Labute approximate surface area is 171 Å². The molecule has 1 aromatic carbocycles. The van der Waals surface area contributed by atoms with E-state index in [-0.39, 0.29) is 10.8 Å². The molecule has 6 nitrogen and oxygen atoms in total. The second-order valence-corrected chi connectivity index (χ2v) is 9.35. The lowest BCUT2D eigenvalue weighted by molar-refractivity contribution is 0.101. The van der Waals surface area contributed by atoms with Crippen molar-refractivity contribution in [1.82, 2.24) is 8.87 Å². The van der Waals surface area contributed by atoms with Crippen LogP contribution >= 0.6 is 11.6 Å². The quantitative estimate of drug-likeness (QED) is 0.767. The predicted molar refractivity (Wildman–Crippen MR) is 112 cm³/mol. The van der Waals surface area contributed by atoms with Gasteiger partial charge in [0.2, 0.25) is 10.0 Å². The van der Waals surface area contributed by atoms with Gasteiger partial charge in [-0.3, -0.25) is 4.79 Å². The molecule has 1 aliphatic heterocycles. The standard InChI is InChI=1S/C20H26ClN3O3S/c1-4-14-8-9-17(21)16(5-2)19(14)22-20(25)18-12-15(13-23(18)3)28(26,27)24-10-6-7-11-24/h8-9,12-13H,4-7,10-11H2,1-3H3,(H,22,25). The fourth-order valence-corrected chi connectivity index (χ4v) is 5.50. The van der Waals surface area contributed by atoms with Crippen molar-refractivity contribution in [2.75, 3.05) is 18.4 Å². The first-order valence-corrected chi connectivity index (χ1v) is 11.4.